The fourth-order valence-electron chi connectivity index (χ4n) is 1.96. The zero-order chi connectivity index (χ0) is 13.1. The predicted octanol–water partition coefficient (Wildman–Crippen LogP) is 1.00. The maximum absolute atomic E-state index is 11.9. The van der Waals surface area contributed by atoms with Crippen LogP contribution in [-0.4, -0.2) is 43.2 Å². The first-order valence-corrected chi connectivity index (χ1v) is 5.93. The number of halogens is 1. The summed E-state index contributed by atoms with van der Waals surface area (Å²) in [5.41, 5.74) is 0.886. The van der Waals surface area contributed by atoms with E-state index in [2.05, 4.69) is 5.32 Å². The third-order valence-corrected chi connectivity index (χ3v) is 3.17. The number of phenolic OH excluding ortho intramolecular Hbond substituents is 1. The van der Waals surface area contributed by atoms with Gasteiger partial charge in [0, 0.05) is 26.7 Å². The maximum Gasteiger partial charge on any atom is 0.228 e. The summed E-state index contributed by atoms with van der Waals surface area (Å²) in [6.45, 7) is 2.01. The molecule has 1 saturated heterocycles. The number of amides is 1. The van der Waals surface area contributed by atoms with Crippen molar-refractivity contribution in [2.45, 2.75) is 6.54 Å². The number of carbonyl (C=O) groups excluding carboxylic acids is 1. The van der Waals surface area contributed by atoms with Crippen LogP contribution < -0.4 is 10.1 Å². The van der Waals surface area contributed by atoms with Crippen LogP contribution in [0.4, 0.5) is 0 Å². The molecule has 19 heavy (non-hydrogen) atoms. The van der Waals surface area contributed by atoms with Crippen molar-refractivity contribution in [2.24, 2.45) is 5.92 Å². The van der Waals surface area contributed by atoms with Crippen LogP contribution in [-0.2, 0) is 11.3 Å². The minimum Gasteiger partial charge on any atom is -0.504 e. The quantitative estimate of drug-likeness (QED) is 0.867. The second-order valence-corrected chi connectivity index (χ2v) is 4.56. The lowest BCUT2D eigenvalue weighted by atomic mass is 10.0. The Balaban J connectivity index is 0.00000180. The van der Waals surface area contributed by atoms with Crippen molar-refractivity contribution in [2.75, 3.05) is 27.2 Å². The number of rotatable bonds is 4. The first kappa shape index (κ1) is 15.6. The third kappa shape index (κ3) is 3.52. The van der Waals surface area contributed by atoms with Gasteiger partial charge in [-0.15, -0.1) is 12.4 Å². The molecule has 1 fully saturated rings. The summed E-state index contributed by atoms with van der Waals surface area (Å²) < 4.78 is 4.98. The Bertz CT molecular complexity index is 450. The molecule has 1 aromatic carbocycles. The summed E-state index contributed by atoms with van der Waals surface area (Å²) in [5.74, 6) is 0.781. The van der Waals surface area contributed by atoms with Gasteiger partial charge >= 0.3 is 0 Å². The standard InChI is InChI=1S/C13H18N2O3.ClH/c1-15(13(17)10-6-14-7-10)8-9-3-4-12(18-2)11(16)5-9;/h3-5,10,14,16H,6-8H2,1-2H3;1H. The molecule has 0 atom stereocenters. The minimum atomic E-state index is 0. The van der Waals surface area contributed by atoms with Crippen LogP contribution in [0, 0.1) is 5.92 Å². The molecule has 6 heteroatoms. The number of nitrogens with one attached hydrogen (secondary N) is 1. The predicted molar refractivity (Wildman–Crippen MR) is 74.7 cm³/mol. The Kier molecular flexibility index (Phi) is 5.44. The summed E-state index contributed by atoms with van der Waals surface area (Å²) in [5, 5.41) is 12.8. The topological polar surface area (TPSA) is 61.8 Å². The molecule has 1 heterocycles. The number of ether oxygens (including phenoxy) is 1. The first-order chi connectivity index (χ1) is 8.61. The lowest BCUT2D eigenvalue weighted by molar-refractivity contribution is -0.136. The monoisotopic (exact) mass is 286 g/mol. The molecule has 0 radical (unpaired) electrons. The van der Waals surface area contributed by atoms with E-state index in [1.54, 1.807) is 24.1 Å². The Hall–Kier alpha value is -1.46. The normalized spacial score (nSPS) is 14.2. The van der Waals surface area contributed by atoms with E-state index >= 15 is 0 Å². The molecular weight excluding hydrogens is 268 g/mol. The van der Waals surface area contributed by atoms with E-state index < -0.39 is 0 Å². The summed E-state index contributed by atoms with van der Waals surface area (Å²) in [4.78, 5) is 13.6. The van der Waals surface area contributed by atoms with Crippen LogP contribution in [0.3, 0.4) is 0 Å². The molecule has 0 unspecified atom stereocenters. The number of hydrogen-bond acceptors (Lipinski definition) is 4. The molecular formula is C13H19ClN2O3. The molecule has 0 aromatic heterocycles. The van der Waals surface area contributed by atoms with Crippen molar-refractivity contribution in [1.82, 2.24) is 10.2 Å². The first-order valence-electron chi connectivity index (χ1n) is 5.93. The van der Waals surface area contributed by atoms with Gasteiger partial charge in [0.25, 0.3) is 0 Å². The highest BCUT2D eigenvalue weighted by molar-refractivity contribution is 5.85. The highest BCUT2D eigenvalue weighted by Gasteiger charge is 2.27. The van der Waals surface area contributed by atoms with Gasteiger partial charge in [0.05, 0.1) is 13.0 Å². The van der Waals surface area contributed by atoms with Gasteiger partial charge in [0.15, 0.2) is 11.5 Å². The van der Waals surface area contributed by atoms with E-state index in [4.69, 9.17) is 4.74 Å². The summed E-state index contributed by atoms with van der Waals surface area (Å²) >= 11 is 0. The van der Waals surface area contributed by atoms with Crippen LogP contribution in [0.1, 0.15) is 5.56 Å². The highest BCUT2D eigenvalue weighted by Crippen LogP contribution is 2.26. The largest absolute Gasteiger partial charge is 0.504 e. The van der Waals surface area contributed by atoms with Gasteiger partial charge in [-0.2, -0.15) is 0 Å². The van der Waals surface area contributed by atoms with Crippen molar-refractivity contribution in [3.8, 4) is 11.5 Å². The Morgan fingerprint density at radius 2 is 2.21 bits per heavy atom. The van der Waals surface area contributed by atoms with Crippen LogP contribution in [0.2, 0.25) is 0 Å². The van der Waals surface area contributed by atoms with E-state index in [-0.39, 0.29) is 30.0 Å². The van der Waals surface area contributed by atoms with Gasteiger partial charge in [-0.05, 0) is 17.7 Å². The number of hydrogen-bond donors (Lipinski definition) is 2. The van der Waals surface area contributed by atoms with Crippen molar-refractivity contribution in [3.05, 3.63) is 23.8 Å². The zero-order valence-corrected chi connectivity index (χ0v) is 11.9. The van der Waals surface area contributed by atoms with Crippen molar-refractivity contribution in [3.63, 3.8) is 0 Å². The summed E-state index contributed by atoms with van der Waals surface area (Å²) in [6, 6.07) is 5.18. The lowest BCUT2D eigenvalue weighted by Crippen LogP contribution is -2.50. The average Bonchev–Trinajstić information content (AvgIpc) is 2.26. The molecule has 106 valence electrons. The SMILES string of the molecule is COc1ccc(CN(C)C(=O)C2CNC2)cc1O.Cl. The number of methoxy groups -OCH3 is 1. The second-order valence-electron chi connectivity index (χ2n) is 4.56. The molecule has 2 N–H and O–H groups in total. The van der Waals surface area contributed by atoms with Crippen molar-refractivity contribution >= 4 is 18.3 Å². The van der Waals surface area contributed by atoms with Crippen molar-refractivity contribution < 1.29 is 14.6 Å². The van der Waals surface area contributed by atoms with E-state index in [9.17, 15) is 9.90 Å². The number of benzene rings is 1. The minimum absolute atomic E-state index is 0. The van der Waals surface area contributed by atoms with Gasteiger partial charge in [-0.1, -0.05) is 6.07 Å². The Morgan fingerprint density at radius 1 is 1.53 bits per heavy atom. The highest BCUT2D eigenvalue weighted by atomic mass is 35.5. The average molecular weight is 287 g/mol. The van der Waals surface area contributed by atoms with Gasteiger partial charge in [0.2, 0.25) is 5.91 Å². The fourth-order valence-corrected chi connectivity index (χ4v) is 1.96. The number of aromatic hydroxyl groups is 1. The van der Waals surface area contributed by atoms with E-state index in [1.807, 2.05) is 6.07 Å². The van der Waals surface area contributed by atoms with E-state index in [1.165, 1.54) is 7.11 Å². The molecule has 0 bridgehead atoms. The van der Waals surface area contributed by atoms with Crippen LogP contribution in [0.15, 0.2) is 18.2 Å². The molecule has 0 spiro atoms. The van der Waals surface area contributed by atoms with Gasteiger partial charge in [0.1, 0.15) is 0 Å². The maximum atomic E-state index is 11.9. The molecule has 5 nitrogen and oxygen atoms in total. The van der Waals surface area contributed by atoms with E-state index in [0.717, 1.165) is 18.7 Å². The number of carbonyl (C=O) groups is 1. The van der Waals surface area contributed by atoms with Gasteiger partial charge < -0.3 is 20.1 Å². The fraction of sp³-hybridized carbons (Fsp3) is 0.462. The number of phenols is 1. The lowest BCUT2D eigenvalue weighted by Gasteiger charge is -2.30. The molecule has 0 saturated carbocycles. The second kappa shape index (κ2) is 6.63. The molecule has 1 aliphatic rings. The van der Waals surface area contributed by atoms with Crippen LogP contribution >= 0.6 is 12.4 Å². The molecule has 2 rings (SSSR count). The van der Waals surface area contributed by atoms with E-state index in [0.29, 0.717) is 12.3 Å². The smallest absolute Gasteiger partial charge is 0.228 e. The third-order valence-electron chi connectivity index (χ3n) is 3.17. The van der Waals surface area contributed by atoms with Crippen LogP contribution in [0.5, 0.6) is 11.5 Å². The van der Waals surface area contributed by atoms with Gasteiger partial charge in [-0.3, -0.25) is 4.79 Å². The number of nitrogens with zero attached hydrogens (tertiary/aromatic N) is 1. The summed E-state index contributed by atoms with van der Waals surface area (Å²) in [6.07, 6.45) is 0. The Morgan fingerprint density at radius 3 is 2.68 bits per heavy atom. The van der Waals surface area contributed by atoms with Crippen molar-refractivity contribution in [1.29, 1.82) is 0 Å². The molecule has 0 aliphatic carbocycles. The van der Waals surface area contributed by atoms with Gasteiger partial charge in [-0.25, -0.2) is 0 Å². The Labute approximate surface area is 119 Å². The van der Waals surface area contributed by atoms with Crippen LogP contribution in [0.25, 0.3) is 0 Å². The molecule has 1 aliphatic heterocycles. The molecule has 1 aromatic rings. The summed E-state index contributed by atoms with van der Waals surface area (Å²) in [7, 11) is 3.29. The zero-order valence-electron chi connectivity index (χ0n) is 11.0. The molecule has 1 amide bonds.